The number of hydrogen-bond acceptors (Lipinski definition) is 1. The maximum absolute atomic E-state index is 7.16. The molecule has 2 nitrogen and oxygen atoms in total. The van der Waals surface area contributed by atoms with Gasteiger partial charge in [0.2, 0.25) is 0 Å². The SMILES string of the molecule is [C-]#[N+]C(C)(C)C#Cc1cccc2c1CCCN2C(C)C. The highest BCUT2D eigenvalue weighted by atomic mass is 15.2. The minimum Gasteiger partial charge on any atom is -0.369 e. The Bertz CT molecular complexity index is 594. The monoisotopic (exact) mass is 266 g/mol. The van der Waals surface area contributed by atoms with Gasteiger partial charge < -0.3 is 4.90 Å². The fraction of sp³-hybridized carbons (Fsp3) is 0.500. The number of hydrogen-bond donors (Lipinski definition) is 0. The van der Waals surface area contributed by atoms with Crippen LogP contribution in [0.5, 0.6) is 0 Å². The number of fused-ring (bicyclic) bond motifs is 1. The maximum Gasteiger partial charge on any atom is 0.286 e. The summed E-state index contributed by atoms with van der Waals surface area (Å²) in [7, 11) is 0. The standard InChI is InChI=1S/C18H22N2/c1-14(2)20-13-7-9-16-15(8-6-10-17(16)20)11-12-18(3,4)19-5/h6,8,10,14H,7,9,13H2,1-4H3. The summed E-state index contributed by atoms with van der Waals surface area (Å²) >= 11 is 0. The maximum atomic E-state index is 7.16. The van der Waals surface area contributed by atoms with Crippen molar-refractivity contribution in [1.82, 2.24) is 0 Å². The van der Waals surface area contributed by atoms with Gasteiger partial charge in [-0.2, -0.15) is 0 Å². The Morgan fingerprint density at radius 3 is 2.75 bits per heavy atom. The van der Waals surface area contributed by atoms with Crippen LogP contribution in [0, 0.1) is 18.4 Å². The van der Waals surface area contributed by atoms with Crippen molar-refractivity contribution >= 4 is 5.69 Å². The molecule has 0 unspecified atom stereocenters. The predicted molar refractivity (Wildman–Crippen MR) is 84.8 cm³/mol. The molecule has 20 heavy (non-hydrogen) atoms. The lowest BCUT2D eigenvalue weighted by molar-refractivity contribution is 0.625. The molecule has 1 aliphatic rings. The quantitative estimate of drug-likeness (QED) is 0.552. The van der Waals surface area contributed by atoms with E-state index in [9.17, 15) is 0 Å². The largest absolute Gasteiger partial charge is 0.369 e. The Balaban J connectivity index is 2.43. The second-order valence-electron chi connectivity index (χ2n) is 6.11. The molecule has 0 radical (unpaired) electrons. The first-order chi connectivity index (χ1) is 9.44. The van der Waals surface area contributed by atoms with Crippen molar-refractivity contribution in [1.29, 1.82) is 0 Å². The molecule has 0 saturated heterocycles. The van der Waals surface area contributed by atoms with Crippen molar-refractivity contribution < 1.29 is 0 Å². The third-order valence-electron chi connectivity index (χ3n) is 3.69. The molecule has 1 heterocycles. The first-order valence-corrected chi connectivity index (χ1v) is 7.25. The minimum absolute atomic E-state index is 0.511. The van der Waals surface area contributed by atoms with Gasteiger partial charge in [-0.15, -0.1) is 0 Å². The van der Waals surface area contributed by atoms with Crippen molar-refractivity contribution in [3.05, 3.63) is 40.7 Å². The van der Waals surface area contributed by atoms with E-state index in [1.807, 2.05) is 13.8 Å². The lowest BCUT2D eigenvalue weighted by Crippen LogP contribution is -2.35. The normalized spacial score (nSPS) is 14.3. The van der Waals surface area contributed by atoms with Gasteiger partial charge in [-0.05, 0) is 50.3 Å². The number of nitrogens with zero attached hydrogens (tertiary/aromatic N) is 2. The van der Waals surface area contributed by atoms with E-state index in [-0.39, 0.29) is 0 Å². The molecule has 0 saturated carbocycles. The van der Waals surface area contributed by atoms with E-state index in [2.05, 4.69) is 53.6 Å². The molecule has 2 rings (SSSR count). The van der Waals surface area contributed by atoms with Crippen LogP contribution in [0.4, 0.5) is 5.69 Å². The summed E-state index contributed by atoms with van der Waals surface area (Å²) < 4.78 is 0. The first kappa shape index (κ1) is 14.5. The lowest BCUT2D eigenvalue weighted by atomic mass is 9.95. The van der Waals surface area contributed by atoms with Crippen LogP contribution >= 0.6 is 0 Å². The highest BCUT2D eigenvalue weighted by Crippen LogP contribution is 2.31. The summed E-state index contributed by atoms with van der Waals surface area (Å²) in [6.45, 7) is 16.5. The van der Waals surface area contributed by atoms with Crippen molar-refractivity contribution in [2.24, 2.45) is 0 Å². The Kier molecular flexibility index (Phi) is 4.05. The highest BCUT2D eigenvalue weighted by Gasteiger charge is 2.21. The molecule has 0 fully saturated rings. The van der Waals surface area contributed by atoms with Crippen LogP contribution in [-0.2, 0) is 6.42 Å². The number of benzene rings is 1. The van der Waals surface area contributed by atoms with Gasteiger partial charge in [0.05, 0.1) is 0 Å². The summed E-state index contributed by atoms with van der Waals surface area (Å²) in [5, 5.41) is 0. The molecule has 1 aromatic rings. The van der Waals surface area contributed by atoms with E-state index in [0.717, 1.165) is 18.5 Å². The number of rotatable bonds is 1. The Morgan fingerprint density at radius 1 is 1.35 bits per heavy atom. The van der Waals surface area contributed by atoms with Crippen LogP contribution in [0.2, 0.25) is 0 Å². The molecule has 1 aromatic carbocycles. The van der Waals surface area contributed by atoms with Crippen molar-refractivity contribution in [3.8, 4) is 11.8 Å². The average molecular weight is 266 g/mol. The van der Waals surface area contributed by atoms with Gasteiger partial charge in [0.25, 0.3) is 5.54 Å². The zero-order chi connectivity index (χ0) is 14.8. The molecule has 0 atom stereocenters. The zero-order valence-electron chi connectivity index (χ0n) is 12.8. The van der Waals surface area contributed by atoms with Gasteiger partial charge in [0, 0.05) is 37.7 Å². The molecule has 0 N–H and O–H groups in total. The van der Waals surface area contributed by atoms with Crippen LogP contribution in [0.1, 0.15) is 45.2 Å². The smallest absolute Gasteiger partial charge is 0.286 e. The van der Waals surface area contributed by atoms with Crippen LogP contribution in [-0.4, -0.2) is 18.1 Å². The zero-order valence-corrected chi connectivity index (χ0v) is 12.8. The summed E-state index contributed by atoms with van der Waals surface area (Å²) in [5.74, 6) is 6.33. The summed E-state index contributed by atoms with van der Waals surface area (Å²) in [4.78, 5) is 6.01. The molecule has 1 aliphatic heterocycles. The average Bonchev–Trinajstić information content (AvgIpc) is 2.44. The molecule has 0 aromatic heterocycles. The van der Waals surface area contributed by atoms with E-state index >= 15 is 0 Å². The van der Waals surface area contributed by atoms with Gasteiger partial charge in [0.15, 0.2) is 0 Å². The fourth-order valence-corrected chi connectivity index (χ4v) is 2.55. The Morgan fingerprint density at radius 2 is 2.10 bits per heavy atom. The Hall–Kier alpha value is -1.93. The minimum atomic E-state index is -0.602. The number of anilines is 1. The molecule has 0 bridgehead atoms. The van der Waals surface area contributed by atoms with E-state index in [0.29, 0.717) is 6.04 Å². The van der Waals surface area contributed by atoms with Crippen molar-refractivity contribution in [3.63, 3.8) is 0 Å². The Labute approximate surface area is 122 Å². The van der Waals surface area contributed by atoms with Crippen molar-refractivity contribution in [2.45, 2.75) is 52.1 Å². The second-order valence-corrected chi connectivity index (χ2v) is 6.11. The molecule has 104 valence electrons. The summed E-state index contributed by atoms with van der Waals surface area (Å²) in [6, 6.07) is 6.86. The highest BCUT2D eigenvalue weighted by molar-refractivity contribution is 5.62. The lowest BCUT2D eigenvalue weighted by Gasteiger charge is -2.35. The van der Waals surface area contributed by atoms with Gasteiger partial charge in [-0.1, -0.05) is 12.0 Å². The van der Waals surface area contributed by atoms with E-state index < -0.39 is 5.54 Å². The van der Waals surface area contributed by atoms with Gasteiger partial charge in [-0.3, -0.25) is 4.85 Å². The summed E-state index contributed by atoms with van der Waals surface area (Å²) in [6.07, 6.45) is 2.26. The van der Waals surface area contributed by atoms with Crippen LogP contribution < -0.4 is 4.90 Å². The van der Waals surface area contributed by atoms with E-state index in [1.165, 1.54) is 17.7 Å². The van der Waals surface area contributed by atoms with Crippen LogP contribution in [0.3, 0.4) is 0 Å². The molecule has 0 amide bonds. The van der Waals surface area contributed by atoms with Crippen molar-refractivity contribution in [2.75, 3.05) is 11.4 Å². The first-order valence-electron chi connectivity index (χ1n) is 7.25. The molecular weight excluding hydrogens is 244 g/mol. The van der Waals surface area contributed by atoms with Crippen LogP contribution in [0.25, 0.3) is 4.85 Å². The van der Waals surface area contributed by atoms with Gasteiger partial charge >= 0.3 is 0 Å². The topological polar surface area (TPSA) is 7.60 Å². The van der Waals surface area contributed by atoms with E-state index in [4.69, 9.17) is 6.57 Å². The molecule has 0 spiro atoms. The second kappa shape index (κ2) is 5.59. The molecule has 2 heteroatoms. The third kappa shape index (κ3) is 2.97. The van der Waals surface area contributed by atoms with Crippen LogP contribution in [0.15, 0.2) is 18.2 Å². The molecule has 0 aliphatic carbocycles. The third-order valence-corrected chi connectivity index (χ3v) is 3.69. The van der Waals surface area contributed by atoms with E-state index in [1.54, 1.807) is 0 Å². The fourth-order valence-electron chi connectivity index (χ4n) is 2.55. The van der Waals surface area contributed by atoms with Gasteiger partial charge in [-0.25, -0.2) is 6.57 Å². The van der Waals surface area contributed by atoms with Gasteiger partial charge in [0.1, 0.15) is 0 Å². The predicted octanol–water partition coefficient (Wildman–Crippen LogP) is 3.90. The summed E-state index contributed by atoms with van der Waals surface area (Å²) in [5.41, 5.74) is 3.15. The molecular formula is C18H22N2.